The van der Waals surface area contributed by atoms with E-state index >= 15 is 0 Å². The van der Waals surface area contributed by atoms with Crippen LogP contribution in [-0.2, 0) is 4.79 Å². The van der Waals surface area contributed by atoms with Crippen LogP contribution in [0.25, 0.3) is 5.57 Å². The molecule has 5 nitrogen and oxygen atoms in total. The van der Waals surface area contributed by atoms with Gasteiger partial charge in [-0.15, -0.1) is 0 Å². The van der Waals surface area contributed by atoms with Gasteiger partial charge in [0.05, 0.1) is 5.56 Å². The number of nitrogens with zero attached hydrogens (tertiary/aromatic N) is 1. The minimum Gasteiger partial charge on any atom is -0.478 e. The van der Waals surface area contributed by atoms with Gasteiger partial charge < -0.3 is 15.3 Å². The first kappa shape index (κ1) is 31.5. The monoisotopic (exact) mass is 614 g/mol. The molecular weight excluding hydrogens is 556 g/mol. The minimum absolute atomic E-state index is 0.0509. The van der Waals surface area contributed by atoms with Crippen molar-refractivity contribution in [1.82, 2.24) is 10.2 Å². The van der Waals surface area contributed by atoms with Gasteiger partial charge in [-0.25, -0.2) is 4.79 Å². The maximum atomic E-state index is 12.1. The maximum absolute atomic E-state index is 12.1. The number of amides is 1. The standard InChI is InChI=1S/C40H58N2O3/c1-36(2)29(27-10-12-28(13-11-27)35(44)45)16-19-37(3)32(36)17-20-39(5)33(37)15-14-30-31-8-6-18-40(31,22-21-38(30,39)4)26-41-23-25-42-24-7-9-34(42)43/h10-13,16,30-33,41H,6-9,14-15,17-26H2,1-5H3,(H,44,45)/t30?,31?,32?,33?,37?,38-,39?,40-/m1/s1. The Morgan fingerprint density at radius 3 is 2.38 bits per heavy atom. The summed E-state index contributed by atoms with van der Waals surface area (Å²) >= 11 is 0. The first-order valence-electron chi connectivity index (χ1n) is 18.4. The molecule has 5 fully saturated rings. The number of hydrogen-bond acceptors (Lipinski definition) is 3. The van der Waals surface area contributed by atoms with E-state index in [9.17, 15) is 14.7 Å². The van der Waals surface area contributed by atoms with Crippen molar-refractivity contribution in [2.45, 2.75) is 112 Å². The fraction of sp³-hybridized carbons (Fsp3) is 0.750. The summed E-state index contributed by atoms with van der Waals surface area (Å²) in [4.78, 5) is 25.7. The third-order valence-electron chi connectivity index (χ3n) is 15.8. The van der Waals surface area contributed by atoms with Crippen LogP contribution in [-0.4, -0.2) is 48.1 Å². The van der Waals surface area contributed by atoms with E-state index < -0.39 is 5.97 Å². The number of likely N-dealkylation sites (tertiary alicyclic amines) is 1. The summed E-state index contributed by atoms with van der Waals surface area (Å²) in [7, 11) is 0. The lowest BCUT2D eigenvalue weighted by Crippen LogP contribution is -2.65. The van der Waals surface area contributed by atoms with E-state index in [2.05, 4.69) is 50.9 Å². The van der Waals surface area contributed by atoms with Crippen molar-refractivity contribution in [2.75, 3.05) is 26.2 Å². The second kappa shape index (κ2) is 11.0. The van der Waals surface area contributed by atoms with Crippen LogP contribution in [0.4, 0.5) is 0 Å². The van der Waals surface area contributed by atoms with Crippen LogP contribution in [0.5, 0.6) is 0 Å². The summed E-state index contributed by atoms with van der Waals surface area (Å²) in [6, 6.07) is 7.63. The van der Waals surface area contributed by atoms with Crippen molar-refractivity contribution in [2.24, 2.45) is 50.7 Å². The van der Waals surface area contributed by atoms with Gasteiger partial charge in [-0.2, -0.15) is 0 Å². The molecule has 4 saturated carbocycles. The Morgan fingerprint density at radius 2 is 1.67 bits per heavy atom. The molecule has 45 heavy (non-hydrogen) atoms. The molecular formula is C40H58N2O3. The van der Waals surface area contributed by atoms with Crippen LogP contribution in [0.3, 0.4) is 0 Å². The molecule has 0 radical (unpaired) electrons. The Labute approximate surface area is 272 Å². The summed E-state index contributed by atoms with van der Waals surface area (Å²) in [5.74, 6) is 2.52. The predicted molar refractivity (Wildman–Crippen MR) is 181 cm³/mol. The van der Waals surface area contributed by atoms with Gasteiger partial charge in [0.2, 0.25) is 5.91 Å². The molecule has 6 unspecified atom stereocenters. The van der Waals surface area contributed by atoms with Crippen LogP contribution in [0.15, 0.2) is 30.3 Å². The third kappa shape index (κ3) is 4.63. The van der Waals surface area contributed by atoms with Crippen LogP contribution >= 0.6 is 0 Å². The summed E-state index contributed by atoms with van der Waals surface area (Å²) in [5.41, 5.74) is 4.52. The first-order chi connectivity index (χ1) is 21.4. The number of rotatable bonds is 7. The lowest BCUT2D eigenvalue weighted by Gasteiger charge is -2.72. The van der Waals surface area contributed by atoms with E-state index in [0.717, 1.165) is 63.2 Å². The van der Waals surface area contributed by atoms with E-state index in [1.54, 1.807) is 12.1 Å². The van der Waals surface area contributed by atoms with Crippen molar-refractivity contribution < 1.29 is 14.7 Å². The topological polar surface area (TPSA) is 69.6 Å². The summed E-state index contributed by atoms with van der Waals surface area (Å²) in [6.07, 6.45) is 17.8. The molecule has 0 spiro atoms. The predicted octanol–water partition coefficient (Wildman–Crippen LogP) is 8.45. The van der Waals surface area contributed by atoms with Crippen LogP contribution < -0.4 is 5.32 Å². The highest BCUT2D eigenvalue weighted by Gasteiger charge is 2.69. The van der Waals surface area contributed by atoms with Crippen LogP contribution in [0, 0.1) is 50.7 Å². The number of nitrogens with one attached hydrogen (secondary N) is 1. The zero-order valence-corrected chi connectivity index (χ0v) is 28.7. The third-order valence-corrected chi connectivity index (χ3v) is 15.8. The van der Waals surface area contributed by atoms with Gasteiger partial charge >= 0.3 is 5.97 Å². The van der Waals surface area contributed by atoms with Gasteiger partial charge in [0.25, 0.3) is 0 Å². The zero-order valence-electron chi connectivity index (χ0n) is 28.7. The molecule has 0 bridgehead atoms. The smallest absolute Gasteiger partial charge is 0.335 e. The Kier molecular flexibility index (Phi) is 7.66. The molecule has 1 aromatic carbocycles. The Hall–Kier alpha value is -2.14. The molecule has 1 amide bonds. The number of hydrogen-bond donors (Lipinski definition) is 2. The largest absolute Gasteiger partial charge is 0.478 e. The number of aromatic carboxylic acids is 1. The number of allylic oxidation sites excluding steroid dienone is 2. The van der Waals surface area contributed by atoms with Crippen molar-refractivity contribution in [1.29, 1.82) is 0 Å². The first-order valence-corrected chi connectivity index (χ1v) is 18.4. The molecule has 1 heterocycles. The van der Waals surface area contributed by atoms with E-state index in [1.165, 1.54) is 68.9 Å². The minimum atomic E-state index is -0.856. The zero-order chi connectivity index (χ0) is 31.8. The van der Waals surface area contributed by atoms with E-state index in [-0.39, 0.29) is 10.8 Å². The van der Waals surface area contributed by atoms with Gasteiger partial charge in [0.1, 0.15) is 0 Å². The van der Waals surface area contributed by atoms with Gasteiger partial charge in [-0.3, -0.25) is 4.79 Å². The molecule has 7 rings (SSSR count). The molecule has 5 aliphatic carbocycles. The molecule has 0 aromatic heterocycles. The highest BCUT2D eigenvalue weighted by molar-refractivity contribution is 5.88. The van der Waals surface area contributed by atoms with Gasteiger partial charge in [-0.05, 0) is 138 Å². The Balaban J connectivity index is 1.11. The number of fused-ring (bicyclic) bond motifs is 7. The van der Waals surface area contributed by atoms with Crippen LogP contribution in [0.2, 0.25) is 0 Å². The quantitative estimate of drug-likeness (QED) is 0.303. The summed E-state index contributed by atoms with van der Waals surface area (Å²) in [5, 5.41) is 13.3. The highest BCUT2D eigenvalue weighted by Crippen LogP contribution is 2.77. The second-order valence-corrected chi connectivity index (χ2v) is 17.6. The molecule has 1 saturated heterocycles. The number of carbonyl (C=O) groups excluding carboxylic acids is 1. The fourth-order valence-electron chi connectivity index (χ4n) is 13.4. The van der Waals surface area contributed by atoms with E-state index in [1.807, 2.05) is 12.1 Å². The normalized spacial score (nSPS) is 41.9. The van der Waals surface area contributed by atoms with Crippen molar-refractivity contribution >= 4 is 17.4 Å². The SMILES string of the molecule is CC1(C)C(c2ccc(C(=O)O)cc2)=CCC2(C)C1CCC1(C)C2CCC2C3CCC[C@]3(CNCCN3CCCC3=O)CC[C@]21C. The van der Waals surface area contributed by atoms with Crippen molar-refractivity contribution in [3.8, 4) is 0 Å². The lowest BCUT2D eigenvalue weighted by molar-refractivity contribution is -0.222. The van der Waals surface area contributed by atoms with Crippen molar-refractivity contribution in [3.63, 3.8) is 0 Å². The van der Waals surface area contributed by atoms with Gasteiger partial charge in [0, 0.05) is 32.6 Å². The second-order valence-electron chi connectivity index (χ2n) is 17.6. The number of carboxylic acid groups (broad SMARTS) is 1. The van der Waals surface area contributed by atoms with Gasteiger partial charge in [-0.1, -0.05) is 59.2 Å². The van der Waals surface area contributed by atoms with E-state index in [0.29, 0.717) is 33.6 Å². The fourth-order valence-corrected chi connectivity index (χ4v) is 13.4. The lowest BCUT2D eigenvalue weighted by atomic mass is 9.32. The maximum Gasteiger partial charge on any atom is 0.335 e. The Bertz CT molecular complexity index is 1370. The number of carboxylic acids is 1. The van der Waals surface area contributed by atoms with Crippen molar-refractivity contribution in [3.05, 3.63) is 41.5 Å². The van der Waals surface area contributed by atoms with E-state index in [4.69, 9.17) is 0 Å². The van der Waals surface area contributed by atoms with Crippen LogP contribution in [0.1, 0.15) is 128 Å². The highest BCUT2D eigenvalue weighted by atomic mass is 16.4. The summed E-state index contributed by atoms with van der Waals surface area (Å²) < 4.78 is 0. The molecule has 2 N–H and O–H groups in total. The number of carbonyl (C=O) groups is 2. The molecule has 1 aliphatic heterocycles. The molecule has 246 valence electrons. The molecule has 6 aliphatic rings. The number of benzene rings is 1. The molecule has 5 heteroatoms. The molecule has 8 atom stereocenters. The summed E-state index contributed by atoms with van der Waals surface area (Å²) in [6.45, 7) is 17.0. The van der Waals surface area contributed by atoms with Gasteiger partial charge in [0.15, 0.2) is 0 Å². The Morgan fingerprint density at radius 1 is 0.889 bits per heavy atom. The average molecular weight is 615 g/mol. The average Bonchev–Trinajstić information content (AvgIpc) is 3.61. The molecule has 1 aromatic rings.